The molecule has 4 N–H and O–H groups in total. The molecule has 234 valence electrons. The zero-order valence-corrected chi connectivity index (χ0v) is 26.5. The summed E-state index contributed by atoms with van der Waals surface area (Å²) in [7, 11) is 4.58. The summed E-state index contributed by atoms with van der Waals surface area (Å²) >= 11 is 1.49. The van der Waals surface area contributed by atoms with Crippen molar-refractivity contribution in [3.05, 3.63) is 45.6 Å². The molecule has 0 aliphatic heterocycles. The number of fused-ring (bicyclic) bond motifs is 3. The number of aryl methyl sites for hydroxylation is 1. The number of anilines is 1. The SMILES string of the molecule is COc1cc2c(c(OC)c1OC)-c1ccc(N[C@H](C(=O)N[C@@H](CCSC)C(=O)O)C(C)C)c(=O)cc1[C@@H](NC(C)=O)CC2. The lowest BCUT2D eigenvalue weighted by Crippen LogP contribution is -2.50. The predicted octanol–water partition coefficient (Wildman–Crippen LogP) is 3.62. The Morgan fingerprint density at radius 3 is 2.33 bits per heavy atom. The first kappa shape index (κ1) is 33.6. The second-order valence-electron chi connectivity index (χ2n) is 10.6. The van der Waals surface area contributed by atoms with Crippen LogP contribution in [-0.4, -0.2) is 68.3 Å². The number of rotatable bonds is 13. The Kier molecular flexibility index (Phi) is 11.7. The third kappa shape index (κ3) is 7.73. The Morgan fingerprint density at radius 2 is 1.77 bits per heavy atom. The molecule has 0 heterocycles. The molecule has 3 rings (SSSR count). The van der Waals surface area contributed by atoms with Crippen LogP contribution in [0.4, 0.5) is 5.69 Å². The number of carboxylic acid groups (broad SMARTS) is 1. The highest BCUT2D eigenvalue weighted by Gasteiger charge is 2.31. The molecule has 0 bridgehead atoms. The van der Waals surface area contributed by atoms with Gasteiger partial charge in [0.1, 0.15) is 12.1 Å². The summed E-state index contributed by atoms with van der Waals surface area (Å²) in [6.45, 7) is 5.05. The lowest BCUT2D eigenvalue weighted by atomic mass is 9.95. The lowest BCUT2D eigenvalue weighted by molar-refractivity contribution is -0.142. The van der Waals surface area contributed by atoms with Gasteiger partial charge in [0.25, 0.3) is 0 Å². The maximum Gasteiger partial charge on any atom is 0.326 e. The van der Waals surface area contributed by atoms with Crippen LogP contribution in [0.2, 0.25) is 0 Å². The van der Waals surface area contributed by atoms with Crippen LogP contribution in [0.15, 0.2) is 29.1 Å². The smallest absolute Gasteiger partial charge is 0.326 e. The van der Waals surface area contributed by atoms with E-state index in [0.29, 0.717) is 52.5 Å². The minimum atomic E-state index is -1.12. The van der Waals surface area contributed by atoms with Gasteiger partial charge < -0.3 is 35.3 Å². The number of aliphatic carboxylic acids is 1. The highest BCUT2D eigenvalue weighted by atomic mass is 32.2. The largest absolute Gasteiger partial charge is 0.493 e. The quantitative estimate of drug-likeness (QED) is 0.263. The van der Waals surface area contributed by atoms with E-state index < -0.39 is 35.4 Å². The summed E-state index contributed by atoms with van der Waals surface area (Å²) in [5, 5.41) is 18.3. The molecule has 0 saturated carbocycles. The van der Waals surface area contributed by atoms with Crippen LogP contribution in [0.25, 0.3) is 11.1 Å². The van der Waals surface area contributed by atoms with E-state index in [9.17, 15) is 24.3 Å². The number of carbonyl (C=O) groups excluding carboxylic acids is 2. The van der Waals surface area contributed by atoms with Crippen LogP contribution < -0.4 is 35.6 Å². The Morgan fingerprint density at radius 1 is 1.07 bits per heavy atom. The number of thioether (sulfide) groups is 1. The van der Waals surface area contributed by atoms with Crippen LogP contribution in [0.3, 0.4) is 0 Å². The van der Waals surface area contributed by atoms with Gasteiger partial charge in [0, 0.05) is 12.5 Å². The van der Waals surface area contributed by atoms with E-state index in [1.807, 2.05) is 26.2 Å². The third-order valence-corrected chi connectivity index (χ3v) is 8.05. The van der Waals surface area contributed by atoms with E-state index >= 15 is 0 Å². The number of hydrogen-bond donors (Lipinski definition) is 4. The monoisotopic (exact) mass is 615 g/mol. The summed E-state index contributed by atoms with van der Waals surface area (Å²) in [6.07, 6.45) is 3.20. The van der Waals surface area contributed by atoms with Crippen LogP contribution in [0.1, 0.15) is 50.8 Å². The summed E-state index contributed by atoms with van der Waals surface area (Å²) in [5.41, 5.74) is 2.60. The van der Waals surface area contributed by atoms with Crippen molar-refractivity contribution >= 4 is 35.2 Å². The topological polar surface area (TPSA) is 152 Å². The van der Waals surface area contributed by atoms with Gasteiger partial charge in [-0.3, -0.25) is 14.4 Å². The first-order valence-corrected chi connectivity index (χ1v) is 15.4. The van der Waals surface area contributed by atoms with E-state index in [-0.39, 0.29) is 23.9 Å². The van der Waals surface area contributed by atoms with Crippen molar-refractivity contribution < 1.29 is 33.7 Å². The van der Waals surface area contributed by atoms with Gasteiger partial charge in [-0.25, -0.2) is 4.79 Å². The number of benzene rings is 1. The molecule has 0 spiro atoms. The molecule has 0 fully saturated rings. The number of carbonyl (C=O) groups is 3. The number of hydrogen-bond acceptors (Lipinski definition) is 9. The number of nitrogens with one attached hydrogen (secondary N) is 3. The molecule has 3 atom stereocenters. The number of amides is 2. The van der Waals surface area contributed by atoms with Crippen molar-refractivity contribution in [2.45, 2.75) is 58.2 Å². The summed E-state index contributed by atoms with van der Waals surface area (Å²) in [5.74, 6) is -0.268. The van der Waals surface area contributed by atoms with Gasteiger partial charge >= 0.3 is 5.97 Å². The standard InChI is InChI=1S/C31H41N3O8S/c1-16(2)27(30(37)34-23(31(38)39)12-13-43-7)33-22-11-9-19-20(15-24(22)36)21(32-17(3)35)10-8-18-14-25(40-4)28(41-5)29(42-6)26(18)19/h9,11,14-16,21,23,27H,8,10,12-13H2,1-7H3,(H,32,35)(H,33,36)(H,34,37)(H,38,39)/t21-,23-,27-/m0/s1. The Bertz CT molecular complexity index is 1410. The molecule has 43 heavy (non-hydrogen) atoms. The fourth-order valence-electron chi connectivity index (χ4n) is 5.28. The molecular formula is C31H41N3O8S. The molecule has 0 unspecified atom stereocenters. The molecule has 2 aromatic rings. The lowest BCUT2D eigenvalue weighted by Gasteiger charge is -2.24. The normalized spacial score (nSPS) is 15.2. The molecule has 12 heteroatoms. The highest BCUT2D eigenvalue weighted by Crippen LogP contribution is 2.50. The molecule has 1 aliphatic rings. The Balaban J connectivity index is 2.17. The highest BCUT2D eigenvalue weighted by molar-refractivity contribution is 7.98. The second kappa shape index (κ2) is 15.0. The van der Waals surface area contributed by atoms with Gasteiger partial charge in [0.05, 0.1) is 33.1 Å². The van der Waals surface area contributed by atoms with Crippen molar-refractivity contribution in [3.63, 3.8) is 0 Å². The fourth-order valence-corrected chi connectivity index (χ4v) is 5.76. The van der Waals surface area contributed by atoms with E-state index in [1.165, 1.54) is 39.0 Å². The van der Waals surface area contributed by atoms with E-state index in [1.54, 1.807) is 19.2 Å². The van der Waals surface area contributed by atoms with Crippen LogP contribution in [0, 0.1) is 5.92 Å². The van der Waals surface area contributed by atoms with Gasteiger partial charge in [-0.15, -0.1) is 0 Å². The zero-order valence-electron chi connectivity index (χ0n) is 25.7. The average Bonchev–Trinajstić information content (AvgIpc) is 3.20. The zero-order chi connectivity index (χ0) is 31.8. The van der Waals surface area contributed by atoms with Crippen LogP contribution >= 0.6 is 11.8 Å². The third-order valence-electron chi connectivity index (χ3n) is 7.40. The molecule has 11 nitrogen and oxygen atoms in total. The van der Waals surface area contributed by atoms with Crippen molar-refractivity contribution in [1.29, 1.82) is 0 Å². The maximum absolute atomic E-state index is 13.7. The molecule has 1 aliphatic carbocycles. The predicted molar refractivity (Wildman–Crippen MR) is 167 cm³/mol. The molecule has 0 saturated heterocycles. The second-order valence-corrected chi connectivity index (χ2v) is 11.6. The Labute approximate surface area is 256 Å². The average molecular weight is 616 g/mol. The number of methoxy groups -OCH3 is 3. The van der Waals surface area contributed by atoms with Crippen molar-refractivity contribution in [1.82, 2.24) is 10.6 Å². The molecule has 2 aromatic carbocycles. The number of carboxylic acids is 1. The minimum absolute atomic E-state index is 0.153. The van der Waals surface area contributed by atoms with Gasteiger partial charge in [-0.1, -0.05) is 19.9 Å². The first-order valence-electron chi connectivity index (χ1n) is 14.0. The van der Waals surface area contributed by atoms with Gasteiger partial charge in [0.2, 0.25) is 23.0 Å². The van der Waals surface area contributed by atoms with Crippen LogP contribution in [-0.2, 0) is 20.8 Å². The van der Waals surface area contributed by atoms with E-state index in [0.717, 1.165) is 5.56 Å². The summed E-state index contributed by atoms with van der Waals surface area (Å²) in [6, 6.07) is 4.29. The fraction of sp³-hybridized carbons (Fsp3) is 0.484. The molecule has 0 radical (unpaired) electrons. The van der Waals surface area contributed by atoms with Gasteiger partial charge in [-0.05, 0) is 72.1 Å². The molecule has 0 aromatic heterocycles. The van der Waals surface area contributed by atoms with Gasteiger partial charge in [-0.2, -0.15) is 11.8 Å². The van der Waals surface area contributed by atoms with E-state index in [2.05, 4.69) is 16.0 Å². The van der Waals surface area contributed by atoms with Crippen LogP contribution in [0.5, 0.6) is 17.2 Å². The number of ether oxygens (including phenoxy) is 3. The van der Waals surface area contributed by atoms with Gasteiger partial charge in [0.15, 0.2) is 11.5 Å². The van der Waals surface area contributed by atoms with Crippen molar-refractivity contribution in [2.24, 2.45) is 5.92 Å². The van der Waals surface area contributed by atoms with Crippen molar-refractivity contribution in [3.8, 4) is 28.4 Å². The Hall–Kier alpha value is -3.93. The first-order chi connectivity index (χ1) is 20.5. The maximum atomic E-state index is 13.7. The molecule has 2 amide bonds. The molecular weight excluding hydrogens is 574 g/mol. The summed E-state index contributed by atoms with van der Waals surface area (Å²) < 4.78 is 17.0. The minimum Gasteiger partial charge on any atom is -0.493 e. The summed E-state index contributed by atoms with van der Waals surface area (Å²) in [4.78, 5) is 50.9. The van der Waals surface area contributed by atoms with E-state index in [4.69, 9.17) is 14.2 Å². The van der Waals surface area contributed by atoms with Crippen molar-refractivity contribution in [2.75, 3.05) is 38.7 Å².